The molecule has 1 heterocycles. The summed E-state index contributed by atoms with van der Waals surface area (Å²) in [6, 6.07) is 10.9. The molecule has 2 aromatic carbocycles. The summed E-state index contributed by atoms with van der Waals surface area (Å²) in [5.41, 5.74) is -0.372. The lowest BCUT2D eigenvalue weighted by Crippen LogP contribution is -2.12. The highest BCUT2D eigenvalue weighted by molar-refractivity contribution is 6.31. The van der Waals surface area contributed by atoms with Crippen molar-refractivity contribution in [3.8, 4) is 5.75 Å². The van der Waals surface area contributed by atoms with Crippen LogP contribution in [-0.2, 0) is 0 Å². The summed E-state index contributed by atoms with van der Waals surface area (Å²) in [7, 11) is 0. The third-order valence-corrected chi connectivity index (χ3v) is 3.40. The van der Waals surface area contributed by atoms with Gasteiger partial charge >= 0.3 is 5.63 Å². The van der Waals surface area contributed by atoms with E-state index in [9.17, 15) is 15.1 Å². The number of phenols is 1. The van der Waals surface area contributed by atoms with Gasteiger partial charge in [-0.15, -0.1) is 0 Å². The number of phenolic OH excluding ortho intramolecular Hbond substituents is 1. The summed E-state index contributed by atoms with van der Waals surface area (Å²) < 4.78 is 4.73. The molecule has 1 aromatic heterocycles. The molecule has 0 fully saturated rings. The van der Waals surface area contributed by atoms with E-state index in [0.29, 0.717) is 10.4 Å². The Morgan fingerprint density at radius 2 is 1.91 bits per heavy atom. The molecule has 0 amide bonds. The van der Waals surface area contributed by atoms with Crippen molar-refractivity contribution in [1.82, 2.24) is 5.16 Å². The van der Waals surface area contributed by atoms with Crippen LogP contribution in [0.15, 0.2) is 56.9 Å². The third kappa shape index (κ3) is 2.29. The summed E-state index contributed by atoms with van der Waals surface area (Å²) in [4.78, 5) is 11.7. The highest BCUT2D eigenvalue weighted by Gasteiger charge is 2.19. The van der Waals surface area contributed by atoms with Gasteiger partial charge in [0.05, 0.1) is 5.39 Å². The first-order valence-electron chi connectivity index (χ1n) is 6.22. The van der Waals surface area contributed by atoms with Gasteiger partial charge in [-0.1, -0.05) is 40.1 Å². The van der Waals surface area contributed by atoms with Crippen LogP contribution in [0.2, 0.25) is 5.02 Å². The van der Waals surface area contributed by atoms with Gasteiger partial charge < -0.3 is 14.8 Å². The van der Waals surface area contributed by atoms with Gasteiger partial charge in [-0.3, -0.25) is 0 Å². The van der Waals surface area contributed by atoms with Crippen LogP contribution in [0, 0.1) is 0 Å². The van der Waals surface area contributed by atoms with E-state index in [2.05, 4.69) is 10.3 Å². The van der Waals surface area contributed by atoms with Crippen LogP contribution in [0.5, 0.6) is 5.75 Å². The van der Waals surface area contributed by atoms with Gasteiger partial charge in [0.25, 0.3) is 0 Å². The van der Waals surface area contributed by atoms with E-state index in [1.165, 1.54) is 18.2 Å². The molecule has 0 saturated heterocycles. The predicted octanol–water partition coefficient (Wildman–Crippen LogP) is 2.77. The Kier molecular flexibility index (Phi) is 3.52. The summed E-state index contributed by atoms with van der Waals surface area (Å²) >= 11 is 5.91. The Labute approximate surface area is 128 Å². The van der Waals surface area contributed by atoms with Crippen LogP contribution in [0.3, 0.4) is 0 Å². The zero-order chi connectivity index (χ0) is 15.7. The fourth-order valence-electron chi connectivity index (χ4n) is 2.15. The highest BCUT2D eigenvalue weighted by atomic mass is 35.5. The maximum absolute atomic E-state index is 11.7. The third-order valence-electron chi connectivity index (χ3n) is 3.16. The molecule has 0 saturated carbocycles. The molecule has 7 heteroatoms. The quantitative estimate of drug-likeness (QED) is 0.430. The van der Waals surface area contributed by atoms with Gasteiger partial charge in [0.15, 0.2) is 0 Å². The van der Waals surface area contributed by atoms with E-state index in [1.54, 1.807) is 24.3 Å². The largest absolute Gasteiger partial charge is 0.507 e. The smallest absolute Gasteiger partial charge is 0.366 e. The average molecular weight is 317 g/mol. The van der Waals surface area contributed by atoms with Crippen molar-refractivity contribution >= 4 is 28.1 Å². The Morgan fingerprint density at radius 3 is 2.64 bits per heavy atom. The molecule has 0 atom stereocenters. The van der Waals surface area contributed by atoms with Crippen molar-refractivity contribution in [2.75, 3.05) is 0 Å². The van der Waals surface area contributed by atoms with E-state index < -0.39 is 5.63 Å². The van der Waals surface area contributed by atoms with Gasteiger partial charge in [0.1, 0.15) is 17.2 Å². The molecule has 0 aliphatic carbocycles. The zero-order valence-electron chi connectivity index (χ0n) is 11.0. The summed E-state index contributed by atoms with van der Waals surface area (Å²) in [6.07, 6.45) is 0. The van der Waals surface area contributed by atoms with E-state index in [1.807, 2.05) is 0 Å². The number of fused-ring (bicyclic) bond motifs is 1. The summed E-state index contributed by atoms with van der Waals surface area (Å²) in [5, 5.41) is 27.2. The van der Waals surface area contributed by atoms with Crippen LogP contribution in [0.4, 0.5) is 0 Å². The number of oxime groups is 1. The van der Waals surface area contributed by atoms with Crippen molar-refractivity contribution in [3.05, 3.63) is 69.2 Å². The molecule has 3 aromatic rings. The van der Waals surface area contributed by atoms with Crippen LogP contribution in [0.1, 0.15) is 11.3 Å². The molecule has 110 valence electrons. The fraction of sp³-hybridized carbons (Fsp3) is 0. The second-order valence-electron chi connectivity index (χ2n) is 4.47. The Bertz CT molecular complexity index is 950. The van der Waals surface area contributed by atoms with Crippen LogP contribution >= 0.6 is 11.6 Å². The number of aromatic nitrogens is 1. The van der Waals surface area contributed by atoms with E-state index in [4.69, 9.17) is 16.1 Å². The summed E-state index contributed by atoms with van der Waals surface area (Å²) in [6.45, 7) is 0. The molecule has 22 heavy (non-hydrogen) atoms. The van der Waals surface area contributed by atoms with E-state index >= 15 is 0 Å². The number of nitrogens with zero attached hydrogens (tertiary/aromatic N) is 2. The number of halogens is 1. The number of hydrogen-bond acceptors (Lipinski definition) is 6. The monoisotopic (exact) mass is 316 g/mol. The summed E-state index contributed by atoms with van der Waals surface area (Å²) in [5.74, 6) is -0.144. The Balaban J connectivity index is 2.32. The average Bonchev–Trinajstić information content (AvgIpc) is 2.53. The van der Waals surface area contributed by atoms with Crippen LogP contribution in [-0.4, -0.2) is 21.2 Å². The first kappa shape index (κ1) is 14.1. The number of aromatic hydroxyl groups is 1. The van der Waals surface area contributed by atoms with Crippen molar-refractivity contribution in [2.24, 2.45) is 5.16 Å². The Hall–Kier alpha value is -2.86. The van der Waals surface area contributed by atoms with Crippen molar-refractivity contribution in [2.45, 2.75) is 0 Å². The second-order valence-corrected chi connectivity index (χ2v) is 4.91. The van der Waals surface area contributed by atoms with Gasteiger partial charge in [-0.05, 0) is 24.3 Å². The normalized spacial score (nSPS) is 11.8. The zero-order valence-corrected chi connectivity index (χ0v) is 11.8. The first-order valence-corrected chi connectivity index (χ1v) is 6.59. The SMILES string of the molecule is O=c1onc(/C(=N/O)c2cc(Cl)ccc2O)c2ccccc12. The maximum atomic E-state index is 11.7. The topological polar surface area (TPSA) is 95.9 Å². The molecule has 0 radical (unpaired) electrons. The van der Waals surface area contributed by atoms with Crippen molar-refractivity contribution < 1.29 is 14.8 Å². The lowest BCUT2D eigenvalue weighted by molar-refractivity contribution is 0.317. The second kappa shape index (κ2) is 5.50. The minimum Gasteiger partial charge on any atom is -0.507 e. The molecule has 6 nitrogen and oxygen atoms in total. The minimum atomic E-state index is -0.605. The van der Waals surface area contributed by atoms with Gasteiger partial charge in [-0.2, -0.15) is 0 Å². The molecule has 3 rings (SSSR count). The number of hydrogen-bond donors (Lipinski definition) is 2. The van der Waals surface area contributed by atoms with Gasteiger partial charge in [-0.25, -0.2) is 4.79 Å². The molecular weight excluding hydrogens is 308 g/mol. The maximum Gasteiger partial charge on any atom is 0.366 e. The van der Waals surface area contributed by atoms with E-state index in [-0.39, 0.29) is 28.1 Å². The lowest BCUT2D eigenvalue weighted by Gasteiger charge is -2.08. The molecule has 2 N–H and O–H groups in total. The standard InChI is InChI=1S/C15H9ClN2O4/c16-8-5-6-12(19)11(7-8)13(17-21)14-9-3-1-2-4-10(9)15(20)22-18-14/h1-7,19,21H/b17-13+. The van der Waals surface area contributed by atoms with Gasteiger partial charge in [0.2, 0.25) is 0 Å². The van der Waals surface area contributed by atoms with E-state index in [0.717, 1.165) is 0 Å². The minimum absolute atomic E-state index is 0.0556. The predicted molar refractivity (Wildman–Crippen MR) is 80.8 cm³/mol. The number of rotatable bonds is 2. The molecule has 0 aliphatic rings. The molecule has 0 aliphatic heterocycles. The number of benzene rings is 2. The Morgan fingerprint density at radius 1 is 1.18 bits per heavy atom. The first-order chi connectivity index (χ1) is 10.6. The molecular formula is C15H9ClN2O4. The molecule has 0 spiro atoms. The molecule has 0 bridgehead atoms. The lowest BCUT2D eigenvalue weighted by atomic mass is 10.0. The van der Waals surface area contributed by atoms with Crippen LogP contribution < -0.4 is 5.63 Å². The van der Waals surface area contributed by atoms with Crippen molar-refractivity contribution in [3.63, 3.8) is 0 Å². The molecule has 0 unspecified atom stereocenters. The van der Waals surface area contributed by atoms with Gasteiger partial charge in [0, 0.05) is 16.0 Å². The fourth-order valence-corrected chi connectivity index (χ4v) is 2.32. The van der Waals surface area contributed by atoms with Crippen LogP contribution in [0.25, 0.3) is 10.8 Å². The van der Waals surface area contributed by atoms with Crippen molar-refractivity contribution in [1.29, 1.82) is 0 Å². The highest BCUT2D eigenvalue weighted by Crippen LogP contribution is 2.26.